The Morgan fingerprint density at radius 3 is 2.26 bits per heavy atom. The van der Waals surface area contributed by atoms with Crippen LogP contribution in [0.15, 0.2) is 30.3 Å². The predicted octanol–water partition coefficient (Wildman–Crippen LogP) is 4.12. The van der Waals surface area contributed by atoms with Crippen molar-refractivity contribution < 1.29 is 13.6 Å². The van der Waals surface area contributed by atoms with E-state index < -0.39 is 17.4 Å². The largest absolute Gasteiger partial charge is 0.288 e. The summed E-state index contributed by atoms with van der Waals surface area (Å²) in [6, 6.07) is 7.31. The number of carbonyl (C=O) groups is 1. The van der Waals surface area contributed by atoms with Crippen LogP contribution in [0, 0.1) is 32.4 Å². The van der Waals surface area contributed by atoms with E-state index in [4.69, 9.17) is 0 Å². The van der Waals surface area contributed by atoms with E-state index in [1.54, 1.807) is 12.1 Å². The van der Waals surface area contributed by atoms with Crippen LogP contribution in [0.25, 0.3) is 0 Å². The maximum Gasteiger partial charge on any atom is 0.196 e. The lowest BCUT2D eigenvalue weighted by Crippen LogP contribution is -2.08. The van der Waals surface area contributed by atoms with E-state index in [1.165, 1.54) is 13.0 Å². The fraction of sp³-hybridized carbons (Fsp3) is 0.188. The minimum atomic E-state index is -0.825. The summed E-state index contributed by atoms with van der Waals surface area (Å²) in [6.07, 6.45) is 0. The van der Waals surface area contributed by atoms with Crippen molar-refractivity contribution in [3.63, 3.8) is 0 Å². The molecule has 0 aliphatic rings. The molecule has 0 radical (unpaired) electrons. The molecule has 0 saturated carbocycles. The number of hydrogen-bond donors (Lipinski definition) is 0. The second kappa shape index (κ2) is 4.92. The third-order valence-electron chi connectivity index (χ3n) is 3.34. The molecule has 2 rings (SSSR count). The van der Waals surface area contributed by atoms with Gasteiger partial charge in [-0.3, -0.25) is 4.79 Å². The highest BCUT2D eigenvalue weighted by Crippen LogP contribution is 2.21. The molecule has 0 spiro atoms. The lowest BCUT2D eigenvalue weighted by Gasteiger charge is -2.09. The summed E-state index contributed by atoms with van der Waals surface area (Å²) >= 11 is 0. The predicted molar refractivity (Wildman–Crippen MR) is 70.4 cm³/mol. The molecule has 0 amide bonds. The second-order valence-electron chi connectivity index (χ2n) is 4.66. The van der Waals surface area contributed by atoms with Gasteiger partial charge in [0.1, 0.15) is 11.6 Å². The highest BCUT2D eigenvalue weighted by Gasteiger charge is 2.18. The van der Waals surface area contributed by atoms with Crippen LogP contribution >= 0.6 is 0 Å². The third kappa shape index (κ3) is 2.41. The first-order valence-corrected chi connectivity index (χ1v) is 5.98. The average Bonchev–Trinajstić information content (AvgIpc) is 2.36. The number of ketones is 1. The topological polar surface area (TPSA) is 17.1 Å². The summed E-state index contributed by atoms with van der Waals surface area (Å²) in [4.78, 5) is 12.3. The van der Waals surface area contributed by atoms with Gasteiger partial charge in [0.15, 0.2) is 5.78 Å². The van der Waals surface area contributed by atoms with Crippen molar-refractivity contribution in [1.82, 2.24) is 0 Å². The minimum Gasteiger partial charge on any atom is -0.288 e. The first-order valence-electron chi connectivity index (χ1n) is 5.98. The van der Waals surface area contributed by atoms with Crippen molar-refractivity contribution in [2.24, 2.45) is 0 Å². The molecular weight excluding hydrogens is 246 g/mol. The Morgan fingerprint density at radius 1 is 0.895 bits per heavy atom. The first kappa shape index (κ1) is 13.4. The molecule has 0 heterocycles. The van der Waals surface area contributed by atoms with Gasteiger partial charge in [0, 0.05) is 11.6 Å². The number of carbonyl (C=O) groups excluding carboxylic acids is 1. The monoisotopic (exact) mass is 260 g/mol. The lowest BCUT2D eigenvalue weighted by molar-refractivity contribution is 0.103. The van der Waals surface area contributed by atoms with Crippen LogP contribution in [0.2, 0.25) is 0 Å². The molecule has 0 aromatic heterocycles. The van der Waals surface area contributed by atoms with E-state index in [-0.39, 0.29) is 11.1 Å². The first-order chi connectivity index (χ1) is 8.91. The van der Waals surface area contributed by atoms with Gasteiger partial charge in [-0.1, -0.05) is 18.2 Å². The van der Waals surface area contributed by atoms with E-state index in [9.17, 15) is 13.6 Å². The van der Waals surface area contributed by atoms with Gasteiger partial charge in [0.2, 0.25) is 0 Å². The molecule has 0 saturated heterocycles. The lowest BCUT2D eigenvalue weighted by atomic mass is 9.95. The summed E-state index contributed by atoms with van der Waals surface area (Å²) in [6.45, 7) is 5.21. The molecule has 0 atom stereocenters. The molecule has 3 heteroatoms. The Hall–Kier alpha value is -2.03. The maximum atomic E-state index is 13.7. The Kier molecular flexibility index (Phi) is 3.47. The van der Waals surface area contributed by atoms with Gasteiger partial charge in [-0.2, -0.15) is 0 Å². The molecular formula is C16H14F2O. The fourth-order valence-electron chi connectivity index (χ4n) is 1.97. The number of aryl methyl sites for hydroxylation is 2. The SMILES string of the molecule is Cc1cc(C(=O)c2cccc(C)c2C)c(F)cc1F. The molecule has 0 N–H and O–H groups in total. The van der Waals surface area contributed by atoms with Gasteiger partial charge in [0.05, 0.1) is 5.56 Å². The van der Waals surface area contributed by atoms with Crippen LogP contribution in [-0.2, 0) is 0 Å². The van der Waals surface area contributed by atoms with Crippen molar-refractivity contribution >= 4 is 5.78 Å². The normalized spacial score (nSPS) is 10.6. The smallest absolute Gasteiger partial charge is 0.196 e. The molecule has 0 aliphatic heterocycles. The summed E-state index contributed by atoms with van der Waals surface area (Å²) < 4.78 is 27.0. The second-order valence-corrected chi connectivity index (χ2v) is 4.66. The minimum absolute atomic E-state index is 0.0902. The zero-order valence-electron chi connectivity index (χ0n) is 11.1. The van der Waals surface area contributed by atoms with Crippen molar-refractivity contribution in [2.45, 2.75) is 20.8 Å². The number of hydrogen-bond acceptors (Lipinski definition) is 1. The summed E-state index contributed by atoms with van der Waals surface area (Å²) in [5, 5.41) is 0. The zero-order chi connectivity index (χ0) is 14.2. The van der Waals surface area contributed by atoms with E-state index in [1.807, 2.05) is 19.9 Å². The van der Waals surface area contributed by atoms with Gasteiger partial charge in [-0.15, -0.1) is 0 Å². The Bertz CT molecular complexity index is 660. The fourth-order valence-corrected chi connectivity index (χ4v) is 1.97. The molecule has 0 fully saturated rings. The molecule has 2 aromatic rings. The van der Waals surface area contributed by atoms with E-state index >= 15 is 0 Å². The van der Waals surface area contributed by atoms with Gasteiger partial charge >= 0.3 is 0 Å². The highest BCUT2D eigenvalue weighted by molar-refractivity contribution is 6.10. The highest BCUT2D eigenvalue weighted by atomic mass is 19.1. The van der Waals surface area contributed by atoms with Gasteiger partial charge in [-0.25, -0.2) is 8.78 Å². The van der Waals surface area contributed by atoms with Crippen molar-refractivity contribution in [3.8, 4) is 0 Å². The average molecular weight is 260 g/mol. The standard InChI is InChI=1S/C16H14F2O/c1-9-5-4-6-12(11(9)3)16(19)13-7-10(2)14(17)8-15(13)18/h4-8H,1-3H3. The number of rotatable bonds is 2. The van der Waals surface area contributed by atoms with Crippen LogP contribution in [0.4, 0.5) is 8.78 Å². The van der Waals surface area contributed by atoms with Crippen molar-refractivity contribution in [2.75, 3.05) is 0 Å². The third-order valence-corrected chi connectivity index (χ3v) is 3.34. The van der Waals surface area contributed by atoms with Crippen LogP contribution in [-0.4, -0.2) is 5.78 Å². The van der Waals surface area contributed by atoms with E-state index in [0.717, 1.165) is 17.2 Å². The summed E-state index contributed by atoms with van der Waals surface area (Å²) in [5.74, 6) is -1.88. The molecule has 19 heavy (non-hydrogen) atoms. The van der Waals surface area contributed by atoms with E-state index in [2.05, 4.69) is 0 Å². The van der Waals surface area contributed by atoms with Crippen LogP contribution < -0.4 is 0 Å². The van der Waals surface area contributed by atoms with Crippen LogP contribution in [0.1, 0.15) is 32.6 Å². The van der Waals surface area contributed by atoms with Crippen LogP contribution in [0.3, 0.4) is 0 Å². The van der Waals surface area contributed by atoms with Gasteiger partial charge in [0.25, 0.3) is 0 Å². The molecule has 2 aromatic carbocycles. The summed E-state index contributed by atoms with van der Waals surface area (Å²) in [5.41, 5.74) is 2.39. The molecule has 0 unspecified atom stereocenters. The van der Waals surface area contributed by atoms with E-state index in [0.29, 0.717) is 5.56 Å². The molecule has 0 aliphatic carbocycles. The van der Waals surface area contributed by atoms with Crippen molar-refractivity contribution in [1.29, 1.82) is 0 Å². The Labute approximate surface area is 110 Å². The molecule has 1 nitrogen and oxygen atoms in total. The zero-order valence-corrected chi connectivity index (χ0v) is 11.1. The molecule has 0 bridgehead atoms. The maximum absolute atomic E-state index is 13.7. The number of benzene rings is 2. The van der Waals surface area contributed by atoms with Crippen molar-refractivity contribution in [3.05, 3.63) is 69.8 Å². The summed E-state index contributed by atoms with van der Waals surface area (Å²) in [7, 11) is 0. The van der Waals surface area contributed by atoms with Gasteiger partial charge in [-0.05, 0) is 43.5 Å². The Morgan fingerprint density at radius 2 is 1.58 bits per heavy atom. The quantitative estimate of drug-likeness (QED) is 0.742. The van der Waals surface area contributed by atoms with Gasteiger partial charge < -0.3 is 0 Å². The Balaban J connectivity index is 2.56. The van der Waals surface area contributed by atoms with Crippen LogP contribution in [0.5, 0.6) is 0 Å². The molecule has 98 valence electrons. The number of halogens is 2.